The molecular weight excluding hydrogens is 376 g/mol. The molecule has 0 amide bonds. The van der Waals surface area contributed by atoms with Gasteiger partial charge in [0.15, 0.2) is 12.6 Å². The van der Waals surface area contributed by atoms with Gasteiger partial charge >= 0.3 is 23.1 Å². The van der Waals surface area contributed by atoms with Crippen LogP contribution in [0.2, 0.25) is 0 Å². The first-order chi connectivity index (χ1) is 11.6. The Morgan fingerprint density at radius 2 is 1.27 bits per heavy atom. The van der Waals surface area contributed by atoms with E-state index < -0.39 is 73.4 Å². The second-order valence-electron chi connectivity index (χ2n) is 5.56. The summed E-state index contributed by atoms with van der Waals surface area (Å²) in [6.45, 7) is 0. The number of rotatable bonds is 4. The summed E-state index contributed by atoms with van der Waals surface area (Å²) in [5, 5.41) is 79.6. The van der Waals surface area contributed by atoms with Crippen molar-refractivity contribution in [1.29, 1.82) is 0 Å². The van der Waals surface area contributed by atoms with Crippen LogP contribution < -0.4 is 10.2 Å². The molecule has 0 aromatic carbocycles. The molecule has 2 rings (SSSR count). The fourth-order valence-corrected chi connectivity index (χ4v) is 2.50. The van der Waals surface area contributed by atoms with Gasteiger partial charge in [0, 0.05) is 0 Å². The summed E-state index contributed by atoms with van der Waals surface area (Å²) in [4.78, 5) is 21.9. The number of aliphatic hydroxyl groups excluding tert-OH is 6. The molecule has 0 aromatic heterocycles. The Labute approximate surface area is 161 Å². The summed E-state index contributed by atoms with van der Waals surface area (Å²) in [6, 6.07) is 0. The first-order valence-corrected chi connectivity index (χ1v) is 7.02. The maximum absolute atomic E-state index is 11.1. The van der Waals surface area contributed by atoms with Crippen molar-refractivity contribution in [3.8, 4) is 0 Å². The predicted octanol–water partition coefficient (Wildman–Crippen LogP) is -8.26. The molecular formula is C12H16MgO13. The van der Waals surface area contributed by atoms with E-state index in [0.717, 1.165) is 0 Å². The van der Waals surface area contributed by atoms with Crippen molar-refractivity contribution < 1.29 is 64.7 Å². The summed E-state index contributed by atoms with van der Waals surface area (Å²) < 4.78 is 14.2. The summed E-state index contributed by atoms with van der Waals surface area (Å²) >= 11 is 0. The van der Waals surface area contributed by atoms with Gasteiger partial charge in [-0.2, -0.15) is 0 Å². The van der Waals surface area contributed by atoms with Gasteiger partial charge < -0.3 is 64.7 Å². The summed E-state index contributed by atoms with van der Waals surface area (Å²) in [6.07, 6.45) is -20.6. The smallest absolute Gasteiger partial charge is 0.547 e. The minimum absolute atomic E-state index is 0. The second-order valence-corrected chi connectivity index (χ2v) is 5.56. The van der Waals surface area contributed by atoms with E-state index >= 15 is 0 Å². The number of carboxylic acid groups (broad SMARTS) is 2. The van der Waals surface area contributed by atoms with Crippen molar-refractivity contribution in [2.24, 2.45) is 0 Å². The number of hydrogen-bond acceptors (Lipinski definition) is 13. The zero-order valence-corrected chi connectivity index (χ0v) is 14.4. The van der Waals surface area contributed by atoms with Crippen LogP contribution in [0.25, 0.3) is 0 Å². The Hall–Kier alpha value is -0.654. The van der Waals surface area contributed by atoms with E-state index in [9.17, 15) is 50.4 Å². The number of carbonyl (C=O) groups excluding carboxylic acids is 2. The molecule has 2 saturated heterocycles. The van der Waals surface area contributed by atoms with Crippen LogP contribution in [0.4, 0.5) is 0 Å². The monoisotopic (exact) mass is 392 g/mol. The van der Waals surface area contributed by atoms with Crippen LogP contribution in [0.15, 0.2) is 0 Å². The molecule has 2 aliphatic heterocycles. The molecule has 0 aliphatic carbocycles. The van der Waals surface area contributed by atoms with Gasteiger partial charge in [-0.1, -0.05) is 0 Å². The van der Waals surface area contributed by atoms with Crippen LogP contribution >= 0.6 is 0 Å². The molecule has 2 aliphatic rings. The fraction of sp³-hybridized carbons (Fsp3) is 0.833. The van der Waals surface area contributed by atoms with E-state index in [-0.39, 0.29) is 23.1 Å². The number of carbonyl (C=O) groups is 2. The number of ether oxygens (including phenoxy) is 3. The Bertz CT molecular complexity index is 517. The van der Waals surface area contributed by atoms with Crippen molar-refractivity contribution >= 4 is 35.0 Å². The molecule has 0 saturated carbocycles. The molecule has 0 bridgehead atoms. The van der Waals surface area contributed by atoms with Crippen LogP contribution in [-0.2, 0) is 23.8 Å². The van der Waals surface area contributed by atoms with Crippen molar-refractivity contribution in [2.75, 3.05) is 0 Å². The molecule has 2 fully saturated rings. The molecule has 13 nitrogen and oxygen atoms in total. The van der Waals surface area contributed by atoms with Crippen molar-refractivity contribution in [3.05, 3.63) is 0 Å². The van der Waals surface area contributed by atoms with Gasteiger partial charge in [-0.05, 0) is 0 Å². The molecule has 14 heteroatoms. The van der Waals surface area contributed by atoms with E-state index in [1.807, 2.05) is 0 Å². The van der Waals surface area contributed by atoms with Crippen LogP contribution in [0.5, 0.6) is 0 Å². The predicted molar refractivity (Wildman–Crippen MR) is 70.2 cm³/mol. The topological polar surface area (TPSA) is 229 Å². The van der Waals surface area contributed by atoms with Gasteiger partial charge in [-0.15, -0.1) is 0 Å². The average Bonchev–Trinajstić information content (AvgIpc) is 2.54. The molecule has 6 N–H and O–H groups in total. The van der Waals surface area contributed by atoms with Crippen LogP contribution in [0.1, 0.15) is 0 Å². The molecule has 0 aromatic rings. The minimum Gasteiger partial charge on any atom is -0.547 e. The SMILES string of the molecule is O=C([O-])[C@H]1O[C@H](O[C@H]2[C@H](O)[C@@H](O)[C@H](O)O[C@@H]2C(=O)[O-])[C@H](O)[C@@H](O)[C@@H]1O.[Mg+2]. The third-order valence-corrected chi connectivity index (χ3v) is 3.89. The van der Waals surface area contributed by atoms with Gasteiger partial charge in [0.1, 0.15) is 48.8 Å². The molecule has 10 atom stereocenters. The molecule has 2 heterocycles. The zero-order chi connectivity index (χ0) is 19.0. The van der Waals surface area contributed by atoms with Crippen molar-refractivity contribution in [3.63, 3.8) is 0 Å². The maximum atomic E-state index is 11.1. The largest absolute Gasteiger partial charge is 2.00 e. The summed E-state index contributed by atoms with van der Waals surface area (Å²) in [5.74, 6) is -3.92. The normalized spacial score (nSPS) is 46.2. The van der Waals surface area contributed by atoms with Gasteiger partial charge in [-0.25, -0.2) is 0 Å². The summed E-state index contributed by atoms with van der Waals surface area (Å²) in [7, 11) is 0. The Balaban J connectivity index is 0.00000338. The Kier molecular flexibility index (Phi) is 8.12. The quantitative estimate of drug-likeness (QED) is 0.244. The number of aliphatic hydroxyl groups is 6. The van der Waals surface area contributed by atoms with Crippen molar-refractivity contribution in [1.82, 2.24) is 0 Å². The number of carboxylic acids is 2. The van der Waals surface area contributed by atoms with E-state index in [1.54, 1.807) is 0 Å². The standard InChI is InChI=1S/C12H18O13.Mg/c13-1-2(14)7(9(18)19)25-12(5(1)17)24-6-3(15)4(16)11(22)23-8(6)10(20)21;/h1-8,11-17,22H,(H,18,19)(H,20,21);/q;+2/p-2/t1-,2-,3+,4+,5+,6-,7-,8-,11+,12-;/m0./s1. The minimum atomic E-state index is -2.14. The van der Waals surface area contributed by atoms with Gasteiger partial charge in [0.25, 0.3) is 0 Å². The number of hydrogen-bond donors (Lipinski definition) is 6. The molecule has 0 radical (unpaired) electrons. The third kappa shape index (κ3) is 4.42. The van der Waals surface area contributed by atoms with Crippen LogP contribution in [0.3, 0.4) is 0 Å². The Morgan fingerprint density at radius 3 is 1.77 bits per heavy atom. The zero-order valence-electron chi connectivity index (χ0n) is 13.0. The first-order valence-electron chi connectivity index (χ1n) is 7.02. The van der Waals surface area contributed by atoms with Gasteiger partial charge in [0.2, 0.25) is 0 Å². The van der Waals surface area contributed by atoms with Crippen molar-refractivity contribution in [2.45, 2.75) is 61.4 Å². The second kappa shape index (κ2) is 9.02. The molecule has 0 unspecified atom stereocenters. The van der Waals surface area contributed by atoms with Crippen LogP contribution in [0, 0.1) is 0 Å². The fourth-order valence-electron chi connectivity index (χ4n) is 2.50. The summed E-state index contributed by atoms with van der Waals surface area (Å²) in [5.41, 5.74) is 0. The average molecular weight is 393 g/mol. The van der Waals surface area contributed by atoms with Gasteiger partial charge in [0.05, 0.1) is 11.9 Å². The van der Waals surface area contributed by atoms with E-state index in [1.165, 1.54) is 0 Å². The van der Waals surface area contributed by atoms with E-state index in [4.69, 9.17) is 9.47 Å². The molecule has 0 spiro atoms. The molecule has 144 valence electrons. The number of aliphatic carboxylic acids is 2. The van der Waals surface area contributed by atoms with Crippen LogP contribution in [-0.4, -0.2) is 127 Å². The molecule has 26 heavy (non-hydrogen) atoms. The first kappa shape index (κ1) is 23.4. The van der Waals surface area contributed by atoms with Gasteiger partial charge in [-0.3, -0.25) is 0 Å². The van der Waals surface area contributed by atoms with E-state index in [0.29, 0.717) is 0 Å². The maximum Gasteiger partial charge on any atom is 2.00 e. The van der Waals surface area contributed by atoms with E-state index in [2.05, 4.69) is 4.74 Å². The third-order valence-electron chi connectivity index (χ3n) is 3.89. The Morgan fingerprint density at radius 1 is 0.731 bits per heavy atom.